The zero-order chi connectivity index (χ0) is 12.8. The van der Waals surface area contributed by atoms with E-state index < -0.39 is 5.91 Å². The van der Waals surface area contributed by atoms with Crippen LogP contribution in [0.15, 0.2) is 42.6 Å². The molecule has 0 saturated carbocycles. The van der Waals surface area contributed by atoms with Crippen molar-refractivity contribution in [2.45, 2.75) is 0 Å². The Hall–Kier alpha value is -2.38. The van der Waals surface area contributed by atoms with Gasteiger partial charge in [-0.05, 0) is 29.8 Å². The van der Waals surface area contributed by atoms with E-state index in [0.717, 1.165) is 5.56 Å². The molecule has 2 aromatic rings. The number of halogens is 1. The van der Waals surface area contributed by atoms with Crippen LogP contribution in [0.2, 0.25) is 5.28 Å². The van der Waals surface area contributed by atoms with E-state index in [0.29, 0.717) is 5.82 Å². The van der Waals surface area contributed by atoms with Crippen LogP contribution in [-0.2, 0) is 4.79 Å². The van der Waals surface area contributed by atoms with Gasteiger partial charge in [0.15, 0.2) is 0 Å². The topological polar surface area (TPSA) is 54.9 Å². The average molecular weight is 258 g/mol. The summed E-state index contributed by atoms with van der Waals surface area (Å²) in [6, 6.07) is 10.8. The van der Waals surface area contributed by atoms with Gasteiger partial charge in [-0.25, -0.2) is 9.97 Å². The Morgan fingerprint density at radius 3 is 2.72 bits per heavy atom. The number of aromatic nitrogens is 2. The van der Waals surface area contributed by atoms with Gasteiger partial charge in [-0.15, -0.1) is 0 Å². The molecule has 0 unspecified atom stereocenters. The molecule has 5 heteroatoms. The van der Waals surface area contributed by atoms with E-state index in [-0.39, 0.29) is 5.28 Å². The van der Waals surface area contributed by atoms with Gasteiger partial charge in [-0.1, -0.05) is 24.1 Å². The standard InChI is InChI=1S/C13H8ClN3O/c14-13-15-9-8-11(17-13)16-12(18)7-6-10-4-2-1-3-5-10/h1-5,8-9H,(H,15,16,17,18). The zero-order valence-corrected chi connectivity index (χ0v) is 9.98. The first-order chi connectivity index (χ1) is 8.74. The molecule has 1 N–H and O–H groups in total. The molecule has 0 atom stereocenters. The molecule has 0 bridgehead atoms. The maximum atomic E-state index is 11.5. The SMILES string of the molecule is O=C(C#Cc1ccccc1)Nc1ccnc(Cl)n1. The van der Waals surface area contributed by atoms with Gasteiger partial charge in [-0.2, -0.15) is 0 Å². The number of nitrogens with one attached hydrogen (secondary N) is 1. The van der Waals surface area contributed by atoms with E-state index in [1.165, 1.54) is 12.3 Å². The Labute approximate surface area is 109 Å². The quantitative estimate of drug-likeness (QED) is 0.629. The first kappa shape index (κ1) is 12.1. The van der Waals surface area contributed by atoms with Crippen molar-refractivity contribution in [3.8, 4) is 11.8 Å². The highest BCUT2D eigenvalue weighted by Crippen LogP contribution is 2.05. The number of hydrogen-bond acceptors (Lipinski definition) is 3. The number of anilines is 1. The summed E-state index contributed by atoms with van der Waals surface area (Å²) in [7, 11) is 0. The molecule has 88 valence electrons. The Morgan fingerprint density at radius 1 is 1.22 bits per heavy atom. The maximum Gasteiger partial charge on any atom is 0.301 e. The minimum atomic E-state index is -0.450. The fraction of sp³-hybridized carbons (Fsp3) is 0. The third-order valence-electron chi connectivity index (χ3n) is 1.96. The van der Waals surface area contributed by atoms with Crippen LogP contribution in [0.4, 0.5) is 5.82 Å². The molecule has 2 rings (SSSR count). The van der Waals surface area contributed by atoms with Gasteiger partial charge in [0.1, 0.15) is 5.82 Å². The number of benzene rings is 1. The number of carbonyl (C=O) groups excluding carboxylic acids is 1. The molecule has 0 spiro atoms. The largest absolute Gasteiger partial charge is 0.301 e. The lowest BCUT2D eigenvalue weighted by molar-refractivity contribution is -0.111. The Bertz CT molecular complexity index is 617. The second kappa shape index (κ2) is 5.80. The van der Waals surface area contributed by atoms with Crippen molar-refractivity contribution < 1.29 is 4.79 Å². The predicted molar refractivity (Wildman–Crippen MR) is 69.0 cm³/mol. The highest BCUT2D eigenvalue weighted by Gasteiger charge is 2.00. The number of nitrogens with zero attached hydrogens (tertiary/aromatic N) is 2. The van der Waals surface area contributed by atoms with E-state index in [1.54, 1.807) is 0 Å². The molecule has 1 aromatic heterocycles. The van der Waals surface area contributed by atoms with Crippen molar-refractivity contribution in [1.82, 2.24) is 9.97 Å². The van der Waals surface area contributed by atoms with Crippen LogP contribution in [0.1, 0.15) is 5.56 Å². The van der Waals surface area contributed by atoms with Gasteiger partial charge in [0.05, 0.1) is 0 Å². The van der Waals surface area contributed by atoms with Crippen molar-refractivity contribution in [3.05, 3.63) is 53.4 Å². The number of hydrogen-bond donors (Lipinski definition) is 1. The molecule has 0 aliphatic heterocycles. The van der Waals surface area contributed by atoms with Gasteiger partial charge in [0, 0.05) is 17.7 Å². The van der Waals surface area contributed by atoms with Gasteiger partial charge >= 0.3 is 5.91 Å². The molecule has 18 heavy (non-hydrogen) atoms. The smallest absolute Gasteiger partial charge is 0.299 e. The van der Waals surface area contributed by atoms with Crippen molar-refractivity contribution in [2.24, 2.45) is 0 Å². The van der Waals surface area contributed by atoms with Crippen LogP contribution in [0.3, 0.4) is 0 Å². The lowest BCUT2D eigenvalue weighted by Gasteiger charge is -1.98. The molecule has 1 amide bonds. The molecular formula is C13H8ClN3O. The lowest BCUT2D eigenvalue weighted by Crippen LogP contribution is -2.10. The third-order valence-corrected chi connectivity index (χ3v) is 2.14. The van der Waals surface area contributed by atoms with Crippen molar-refractivity contribution in [1.29, 1.82) is 0 Å². The summed E-state index contributed by atoms with van der Waals surface area (Å²) in [6.07, 6.45) is 1.45. The number of carbonyl (C=O) groups is 1. The summed E-state index contributed by atoms with van der Waals surface area (Å²) in [5, 5.41) is 2.58. The molecule has 1 heterocycles. The third kappa shape index (κ3) is 3.58. The summed E-state index contributed by atoms with van der Waals surface area (Å²) < 4.78 is 0. The highest BCUT2D eigenvalue weighted by atomic mass is 35.5. The molecule has 0 aliphatic rings. The molecule has 0 saturated heterocycles. The van der Waals surface area contributed by atoms with Crippen molar-refractivity contribution in [3.63, 3.8) is 0 Å². The predicted octanol–water partition coefficient (Wildman–Crippen LogP) is 2.12. The van der Waals surface area contributed by atoms with E-state index in [2.05, 4.69) is 27.1 Å². The highest BCUT2D eigenvalue weighted by molar-refractivity contribution is 6.28. The second-order valence-corrected chi connectivity index (χ2v) is 3.62. The van der Waals surface area contributed by atoms with E-state index in [4.69, 9.17) is 11.6 Å². The molecule has 0 aliphatic carbocycles. The van der Waals surface area contributed by atoms with Crippen LogP contribution >= 0.6 is 11.6 Å². The van der Waals surface area contributed by atoms with Crippen LogP contribution in [0, 0.1) is 11.8 Å². The Morgan fingerprint density at radius 2 is 2.00 bits per heavy atom. The monoisotopic (exact) mass is 257 g/mol. The minimum Gasteiger partial charge on any atom is -0.299 e. The molecule has 0 fully saturated rings. The number of rotatable bonds is 1. The van der Waals surface area contributed by atoms with Crippen LogP contribution in [0.5, 0.6) is 0 Å². The zero-order valence-electron chi connectivity index (χ0n) is 9.22. The summed E-state index contributed by atoms with van der Waals surface area (Å²) in [5.41, 5.74) is 0.772. The number of amides is 1. The fourth-order valence-electron chi connectivity index (χ4n) is 1.20. The van der Waals surface area contributed by atoms with Crippen LogP contribution < -0.4 is 5.32 Å². The molecule has 0 radical (unpaired) electrons. The average Bonchev–Trinajstić information content (AvgIpc) is 2.38. The maximum absolute atomic E-state index is 11.5. The van der Waals surface area contributed by atoms with Gasteiger partial charge in [0.25, 0.3) is 0 Å². The second-order valence-electron chi connectivity index (χ2n) is 3.28. The van der Waals surface area contributed by atoms with Crippen molar-refractivity contribution >= 4 is 23.3 Å². The van der Waals surface area contributed by atoms with Gasteiger partial charge in [-0.3, -0.25) is 10.1 Å². The fourth-order valence-corrected chi connectivity index (χ4v) is 1.35. The summed E-state index contributed by atoms with van der Waals surface area (Å²) in [4.78, 5) is 19.0. The summed E-state index contributed by atoms with van der Waals surface area (Å²) in [6.45, 7) is 0. The van der Waals surface area contributed by atoms with Crippen molar-refractivity contribution in [2.75, 3.05) is 5.32 Å². The summed E-state index contributed by atoms with van der Waals surface area (Å²) in [5.74, 6) is 5.08. The van der Waals surface area contributed by atoms with Crippen LogP contribution in [0.25, 0.3) is 0 Å². The van der Waals surface area contributed by atoms with Crippen LogP contribution in [-0.4, -0.2) is 15.9 Å². The summed E-state index contributed by atoms with van der Waals surface area (Å²) >= 11 is 5.59. The Balaban J connectivity index is 2.04. The molecule has 1 aromatic carbocycles. The molecular weight excluding hydrogens is 250 g/mol. The first-order valence-electron chi connectivity index (χ1n) is 5.10. The minimum absolute atomic E-state index is 0.0730. The van der Waals surface area contributed by atoms with E-state index in [9.17, 15) is 4.79 Å². The first-order valence-corrected chi connectivity index (χ1v) is 5.48. The molecule has 4 nitrogen and oxygen atoms in total. The Kier molecular flexibility index (Phi) is 3.90. The van der Waals surface area contributed by atoms with E-state index in [1.807, 2.05) is 30.3 Å². The van der Waals surface area contributed by atoms with E-state index >= 15 is 0 Å². The van der Waals surface area contributed by atoms with Gasteiger partial charge < -0.3 is 0 Å². The normalized spacial score (nSPS) is 9.17. The van der Waals surface area contributed by atoms with Gasteiger partial charge in [0.2, 0.25) is 5.28 Å². The lowest BCUT2D eigenvalue weighted by atomic mass is 10.2.